The van der Waals surface area contributed by atoms with Crippen molar-refractivity contribution >= 4 is 27.2 Å². The number of carbonyl (C=O) groups is 1. The Bertz CT molecular complexity index is 1150. The van der Waals surface area contributed by atoms with Crippen LogP contribution in [0.2, 0.25) is 0 Å². The van der Waals surface area contributed by atoms with E-state index in [1.54, 1.807) is 11.3 Å². The summed E-state index contributed by atoms with van der Waals surface area (Å²) in [5.74, 6) is 0.271. The number of hydrogen-bond donors (Lipinski definition) is 0. The molecule has 0 N–H and O–H groups in total. The molecule has 0 amide bonds. The van der Waals surface area contributed by atoms with E-state index in [9.17, 15) is 4.79 Å². The second-order valence-electron chi connectivity index (χ2n) is 8.33. The van der Waals surface area contributed by atoms with Gasteiger partial charge in [-0.05, 0) is 75.7 Å². The zero-order valence-electron chi connectivity index (χ0n) is 17.1. The number of rotatable bonds is 6. The lowest BCUT2D eigenvalue weighted by atomic mass is 9.79. The van der Waals surface area contributed by atoms with Crippen molar-refractivity contribution in [1.82, 2.24) is 4.98 Å². The number of thiophene rings is 1. The number of hydrogen-bond acceptors (Lipinski definition) is 3. The Morgan fingerprint density at radius 1 is 0.966 bits per heavy atom. The first-order valence-corrected chi connectivity index (χ1v) is 10.8. The van der Waals surface area contributed by atoms with Crippen LogP contribution in [-0.4, -0.2) is 10.8 Å². The van der Waals surface area contributed by atoms with E-state index in [-0.39, 0.29) is 11.2 Å². The van der Waals surface area contributed by atoms with E-state index < -0.39 is 0 Å². The molecule has 29 heavy (non-hydrogen) atoms. The highest BCUT2D eigenvalue weighted by Gasteiger charge is 2.24. The Morgan fingerprint density at radius 2 is 1.76 bits per heavy atom. The molecule has 4 rings (SSSR count). The standard InChI is InChI=1S/C26H25NOS/c1-18-14-21(10-12-27-18)20-6-4-19(5-7-20)15-24(28)17-26(2,3)23-8-9-25-22(16-23)11-13-29-25/h4-14,16H,15,17H2,1-3H3. The van der Waals surface area contributed by atoms with Gasteiger partial charge in [-0.25, -0.2) is 0 Å². The van der Waals surface area contributed by atoms with Gasteiger partial charge in [0.25, 0.3) is 0 Å². The molecule has 0 saturated carbocycles. The van der Waals surface area contributed by atoms with Gasteiger partial charge in [-0.15, -0.1) is 11.3 Å². The second-order valence-corrected chi connectivity index (χ2v) is 9.28. The lowest BCUT2D eigenvalue weighted by Gasteiger charge is -2.24. The largest absolute Gasteiger partial charge is 0.299 e. The van der Waals surface area contributed by atoms with Gasteiger partial charge in [0, 0.05) is 29.4 Å². The Hall–Kier alpha value is -2.78. The predicted molar refractivity (Wildman–Crippen MR) is 123 cm³/mol. The molecular weight excluding hydrogens is 374 g/mol. The monoisotopic (exact) mass is 399 g/mol. The number of benzene rings is 2. The number of aryl methyl sites for hydroxylation is 1. The molecule has 0 spiro atoms. The highest BCUT2D eigenvalue weighted by atomic mass is 32.1. The van der Waals surface area contributed by atoms with Crippen LogP contribution in [0.4, 0.5) is 0 Å². The van der Waals surface area contributed by atoms with Crippen molar-refractivity contribution in [2.24, 2.45) is 0 Å². The summed E-state index contributed by atoms with van der Waals surface area (Å²) in [7, 11) is 0. The van der Waals surface area contributed by atoms with Crippen LogP contribution < -0.4 is 0 Å². The lowest BCUT2D eigenvalue weighted by Crippen LogP contribution is -2.22. The van der Waals surface area contributed by atoms with Gasteiger partial charge in [-0.1, -0.05) is 44.2 Å². The van der Waals surface area contributed by atoms with Gasteiger partial charge in [0.15, 0.2) is 0 Å². The van der Waals surface area contributed by atoms with Crippen molar-refractivity contribution in [2.75, 3.05) is 0 Å². The van der Waals surface area contributed by atoms with Crippen LogP contribution in [0.25, 0.3) is 21.2 Å². The fourth-order valence-electron chi connectivity index (χ4n) is 3.81. The van der Waals surface area contributed by atoms with E-state index in [1.807, 2.05) is 19.2 Å². The quantitative estimate of drug-likeness (QED) is 0.359. The first-order valence-electron chi connectivity index (χ1n) is 9.92. The van der Waals surface area contributed by atoms with Crippen molar-refractivity contribution in [3.05, 3.63) is 89.1 Å². The molecule has 146 valence electrons. The fraction of sp³-hybridized carbons (Fsp3) is 0.231. The third kappa shape index (κ3) is 4.46. The number of pyridine rings is 1. The summed E-state index contributed by atoms with van der Waals surface area (Å²) in [6.07, 6.45) is 2.84. The Kier molecular flexibility index (Phi) is 5.33. The maximum absolute atomic E-state index is 12.8. The van der Waals surface area contributed by atoms with Crippen molar-refractivity contribution < 1.29 is 4.79 Å². The zero-order valence-corrected chi connectivity index (χ0v) is 17.9. The molecule has 0 fully saturated rings. The third-order valence-electron chi connectivity index (χ3n) is 5.46. The molecule has 0 saturated heterocycles. The van der Waals surface area contributed by atoms with E-state index in [4.69, 9.17) is 0 Å². The highest BCUT2D eigenvalue weighted by Crippen LogP contribution is 2.32. The maximum atomic E-state index is 12.8. The number of ketones is 1. The number of nitrogens with zero attached hydrogens (tertiary/aromatic N) is 1. The van der Waals surface area contributed by atoms with Crippen molar-refractivity contribution in [3.63, 3.8) is 0 Å². The third-order valence-corrected chi connectivity index (χ3v) is 6.36. The number of aromatic nitrogens is 1. The summed E-state index contributed by atoms with van der Waals surface area (Å²) < 4.78 is 1.29. The minimum absolute atomic E-state index is 0.179. The molecule has 0 aliphatic rings. The first kappa shape index (κ1) is 19.5. The van der Waals surface area contributed by atoms with E-state index in [1.165, 1.54) is 15.6 Å². The molecule has 0 unspecified atom stereocenters. The Labute approximate surface area is 176 Å². The van der Waals surface area contributed by atoms with Crippen LogP contribution in [0.3, 0.4) is 0 Å². The molecule has 3 heteroatoms. The number of fused-ring (bicyclic) bond motifs is 1. The second kappa shape index (κ2) is 7.92. The van der Waals surface area contributed by atoms with Crippen LogP contribution in [0, 0.1) is 6.92 Å². The lowest BCUT2D eigenvalue weighted by molar-refractivity contribution is -0.119. The van der Waals surface area contributed by atoms with Crippen LogP contribution >= 0.6 is 11.3 Å². The van der Waals surface area contributed by atoms with Crippen LogP contribution in [0.15, 0.2) is 72.2 Å². The zero-order chi connectivity index (χ0) is 20.4. The van der Waals surface area contributed by atoms with Crippen molar-refractivity contribution in [3.8, 4) is 11.1 Å². The normalized spacial score (nSPS) is 11.7. The van der Waals surface area contributed by atoms with Gasteiger partial charge in [0.2, 0.25) is 0 Å². The van der Waals surface area contributed by atoms with Gasteiger partial charge in [0.1, 0.15) is 5.78 Å². The smallest absolute Gasteiger partial charge is 0.138 e. The molecule has 2 aromatic heterocycles. The van der Waals surface area contributed by atoms with Gasteiger partial charge >= 0.3 is 0 Å². The maximum Gasteiger partial charge on any atom is 0.138 e. The minimum Gasteiger partial charge on any atom is -0.299 e. The summed E-state index contributed by atoms with van der Waals surface area (Å²) in [6.45, 7) is 6.31. The van der Waals surface area contributed by atoms with Crippen LogP contribution in [-0.2, 0) is 16.6 Å². The molecule has 0 atom stereocenters. The molecular formula is C26H25NOS. The topological polar surface area (TPSA) is 30.0 Å². The predicted octanol–water partition coefficient (Wildman–Crippen LogP) is 6.75. The molecule has 0 aliphatic heterocycles. The van der Waals surface area contributed by atoms with E-state index in [2.05, 4.69) is 78.8 Å². The molecule has 0 radical (unpaired) electrons. The Balaban J connectivity index is 1.44. The summed E-state index contributed by atoms with van der Waals surface area (Å²) in [5, 5.41) is 3.37. The van der Waals surface area contributed by atoms with Crippen molar-refractivity contribution in [2.45, 2.75) is 39.0 Å². The van der Waals surface area contributed by atoms with E-state index >= 15 is 0 Å². The summed E-state index contributed by atoms with van der Waals surface area (Å²) in [5.41, 5.74) is 5.41. The van der Waals surface area contributed by atoms with Gasteiger partial charge in [-0.2, -0.15) is 0 Å². The van der Waals surface area contributed by atoms with E-state index in [0.717, 1.165) is 22.4 Å². The number of carbonyl (C=O) groups excluding carboxylic acids is 1. The molecule has 0 aliphatic carbocycles. The first-order chi connectivity index (χ1) is 13.9. The highest BCUT2D eigenvalue weighted by molar-refractivity contribution is 7.17. The number of Topliss-reactive ketones (excluding diaryl/α,β-unsaturated/α-hetero) is 1. The van der Waals surface area contributed by atoms with Crippen LogP contribution in [0.1, 0.15) is 37.1 Å². The molecule has 2 heterocycles. The molecule has 0 bridgehead atoms. The molecule has 4 aromatic rings. The average molecular weight is 400 g/mol. The minimum atomic E-state index is -0.179. The van der Waals surface area contributed by atoms with Crippen molar-refractivity contribution in [1.29, 1.82) is 0 Å². The summed E-state index contributed by atoms with van der Waals surface area (Å²) in [6, 6.07) is 21.1. The Morgan fingerprint density at radius 3 is 2.52 bits per heavy atom. The van der Waals surface area contributed by atoms with Gasteiger partial charge < -0.3 is 0 Å². The van der Waals surface area contributed by atoms with Gasteiger partial charge in [0.05, 0.1) is 0 Å². The van der Waals surface area contributed by atoms with Gasteiger partial charge in [-0.3, -0.25) is 9.78 Å². The molecule has 2 aromatic carbocycles. The fourth-order valence-corrected chi connectivity index (χ4v) is 4.58. The summed E-state index contributed by atoms with van der Waals surface area (Å²) in [4.78, 5) is 17.1. The van der Waals surface area contributed by atoms with Crippen LogP contribution in [0.5, 0.6) is 0 Å². The average Bonchev–Trinajstić information content (AvgIpc) is 3.16. The molecule has 2 nitrogen and oxygen atoms in total. The SMILES string of the molecule is Cc1cc(-c2ccc(CC(=O)CC(C)(C)c3ccc4sccc4c3)cc2)ccn1. The summed E-state index contributed by atoms with van der Waals surface area (Å²) >= 11 is 1.75. The van der Waals surface area contributed by atoms with E-state index in [0.29, 0.717) is 12.8 Å².